The van der Waals surface area contributed by atoms with Crippen molar-refractivity contribution < 1.29 is 18.7 Å². The number of aromatic nitrogens is 4. The van der Waals surface area contributed by atoms with Gasteiger partial charge in [0.1, 0.15) is 12.1 Å². The molecular formula is C21H25N7O4. The molecule has 1 aliphatic heterocycles. The molecule has 1 saturated heterocycles. The minimum Gasteiger partial charge on any atom is -0.444 e. The lowest BCUT2D eigenvalue weighted by atomic mass is 10.2. The summed E-state index contributed by atoms with van der Waals surface area (Å²) in [6.45, 7) is 4.03. The van der Waals surface area contributed by atoms with E-state index in [-0.39, 0.29) is 29.1 Å². The molecule has 0 saturated carbocycles. The zero-order chi connectivity index (χ0) is 22.5. The normalized spacial score (nSPS) is 15.6. The van der Waals surface area contributed by atoms with Gasteiger partial charge in [0.05, 0.1) is 18.3 Å². The van der Waals surface area contributed by atoms with Crippen LogP contribution in [0.5, 0.6) is 0 Å². The molecule has 1 aliphatic rings. The third kappa shape index (κ3) is 4.94. The molecule has 11 nitrogen and oxygen atoms in total. The number of primary amides is 1. The number of anilines is 2. The van der Waals surface area contributed by atoms with E-state index in [1.807, 2.05) is 0 Å². The zero-order valence-electron chi connectivity index (χ0n) is 17.7. The van der Waals surface area contributed by atoms with Crippen LogP contribution in [0.4, 0.5) is 11.5 Å². The smallest absolute Gasteiger partial charge is 0.277 e. The average Bonchev–Trinajstić information content (AvgIpc) is 3.54. The van der Waals surface area contributed by atoms with Crippen LogP contribution in [0.25, 0.3) is 11.5 Å². The van der Waals surface area contributed by atoms with E-state index in [9.17, 15) is 9.59 Å². The minimum atomic E-state index is -0.740. The molecule has 168 valence electrons. The van der Waals surface area contributed by atoms with Gasteiger partial charge in [-0.15, -0.1) is 0 Å². The van der Waals surface area contributed by atoms with Crippen LogP contribution in [-0.4, -0.2) is 50.8 Å². The van der Waals surface area contributed by atoms with E-state index < -0.39 is 11.8 Å². The number of carbonyl (C=O) groups is 2. The first kappa shape index (κ1) is 21.5. The van der Waals surface area contributed by atoms with Crippen molar-refractivity contribution in [2.24, 2.45) is 5.73 Å². The molecule has 0 radical (unpaired) electrons. The van der Waals surface area contributed by atoms with Gasteiger partial charge in [-0.25, -0.2) is 9.97 Å². The van der Waals surface area contributed by atoms with Gasteiger partial charge in [0.2, 0.25) is 5.89 Å². The van der Waals surface area contributed by atoms with E-state index in [1.165, 1.54) is 6.26 Å². The third-order valence-corrected chi connectivity index (χ3v) is 4.96. The summed E-state index contributed by atoms with van der Waals surface area (Å²) in [6.07, 6.45) is 7.35. The number of nitrogens with two attached hydrogens (primary N) is 1. The maximum Gasteiger partial charge on any atom is 0.277 e. The fraction of sp³-hybridized carbons (Fsp3) is 0.381. The quantitative estimate of drug-likeness (QED) is 0.459. The van der Waals surface area contributed by atoms with Crippen LogP contribution in [0.15, 0.2) is 35.2 Å². The maximum atomic E-state index is 12.7. The van der Waals surface area contributed by atoms with Gasteiger partial charge in [-0.1, -0.05) is 6.92 Å². The first-order chi connectivity index (χ1) is 15.5. The number of nitrogens with zero attached hydrogens (tertiary/aromatic N) is 4. The number of carbonyl (C=O) groups excluding carboxylic acids is 2. The van der Waals surface area contributed by atoms with Crippen molar-refractivity contribution in [2.45, 2.75) is 38.8 Å². The molecule has 32 heavy (non-hydrogen) atoms. The van der Waals surface area contributed by atoms with E-state index >= 15 is 0 Å². The highest BCUT2D eigenvalue weighted by molar-refractivity contribution is 6.07. The molecule has 1 atom stereocenters. The molecule has 1 fully saturated rings. The van der Waals surface area contributed by atoms with Crippen molar-refractivity contribution in [3.63, 3.8) is 0 Å². The molecule has 0 spiro atoms. The standard InChI is InChI=1S/C21H25N7O4/c1-2-6-23-17-9-13(5-7-24-17)21-26-16(12-32-21)20(30)25-15-11-28(27-18(15)19(22)29)10-14-4-3-8-31-14/h5,7,9,11-12,14H,2-4,6,8,10H2,1H3,(H2,22,29)(H,23,24)(H,25,30)/t14-/m1/s1. The van der Waals surface area contributed by atoms with E-state index in [2.05, 4.69) is 32.6 Å². The van der Waals surface area contributed by atoms with Crippen LogP contribution in [0.3, 0.4) is 0 Å². The highest BCUT2D eigenvalue weighted by Gasteiger charge is 2.22. The Kier molecular flexibility index (Phi) is 6.45. The summed E-state index contributed by atoms with van der Waals surface area (Å²) < 4.78 is 12.6. The van der Waals surface area contributed by atoms with Gasteiger partial charge >= 0.3 is 0 Å². The molecule has 4 rings (SSSR count). The fourth-order valence-electron chi connectivity index (χ4n) is 3.40. The topological polar surface area (TPSA) is 150 Å². The van der Waals surface area contributed by atoms with Crippen molar-refractivity contribution in [3.8, 4) is 11.5 Å². The highest BCUT2D eigenvalue weighted by atomic mass is 16.5. The van der Waals surface area contributed by atoms with Gasteiger partial charge in [0, 0.05) is 31.1 Å². The van der Waals surface area contributed by atoms with Crippen molar-refractivity contribution in [1.82, 2.24) is 19.7 Å². The third-order valence-electron chi connectivity index (χ3n) is 4.96. The second kappa shape index (κ2) is 9.60. The molecule has 0 aliphatic carbocycles. The Balaban J connectivity index is 1.48. The summed E-state index contributed by atoms with van der Waals surface area (Å²) in [5.41, 5.74) is 6.36. The minimum absolute atomic E-state index is 0.0225. The molecule has 4 N–H and O–H groups in total. The SMILES string of the molecule is CCCNc1cc(-c2nc(C(=O)Nc3cn(C[C@H]4CCCO4)nc3C(N)=O)co2)ccn1. The van der Waals surface area contributed by atoms with Gasteiger partial charge in [0.15, 0.2) is 11.4 Å². The summed E-state index contributed by atoms with van der Waals surface area (Å²) in [5.74, 6) is -0.312. The molecule has 11 heteroatoms. The summed E-state index contributed by atoms with van der Waals surface area (Å²) in [6, 6.07) is 3.54. The van der Waals surface area contributed by atoms with Crippen LogP contribution in [0.1, 0.15) is 47.2 Å². The van der Waals surface area contributed by atoms with Gasteiger partial charge in [0.25, 0.3) is 11.8 Å². The summed E-state index contributed by atoms with van der Waals surface area (Å²) >= 11 is 0. The van der Waals surface area contributed by atoms with Crippen molar-refractivity contribution >= 4 is 23.3 Å². The molecule has 0 bridgehead atoms. The Morgan fingerprint density at radius 1 is 1.38 bits per heavy atom. The summed E-state index contributed by atoms with van der Waals surface area (Å²) in [5, 5.41) is 10.0. The number of rotatable bonds is 9. The Hall–Kier alpha value is -3.73. The number of amides is 2. The van der Waals surface area contributed by atoms with E-state index in [0.717, 1.165) is 25.8 Å². The van der Waals surface area contributed by atoms with Crippen LogP contribution in [0.2, 0.25) is 0 Å². The largest absolute Gasteiger partial charge is 0.444 e. The highest BCUT2D eigenvalue weighted by Crippen LogP contribution is 2.22. The van der Waals surface area contributed by atoms with E-state index in [0.29, 0.717) is 24.5 Å². The van der Waals surface area contributed by atoms with Crippen molar-refractivity contribution in [1.29, 1.82) is 0 Å². The molecular weight excluding hydrogens is 414 g/mol. The second-order valence-corrected chi connectivity index (χ2v) is 7.46. The van der Waals surface area contributed by atoms with Gasteiger partial charge in [-0.2, -0.15) is 5.10 Å². The van der Waals surface area contributed by atoms with Gasteiger partial charge in [-0.05, 0) is 31.4 Å². The molecule has 3 aromatic rings. The lowest BCUT2D eigenvalue weighted by Gasteiger charge is -2.08. The van der Waals surface area contributed by atoms with Crippen LogP contribution in [-0.2, 0) is 11.3 Å². The Labute approximate surface area is 184 Å². The Morgan fingerprint density at radius 3 is 3.00 bits per heavy atom. The fourth-order valence-corrected chi connectivity index (χ4v) is 3.40. The van der Waals surface area contributed by atoms with E-state index in [4.69, 9.17) is 14.9 Å². The van der Waals surface area contributed by atoms with Gasteiger partial charge in [-0.3, -0.25) is 14.3 Å². The molecule has 0 unspecified atom stereocenters. The maximum absolute atomic E-state index is 12.7. The van der Waals surface area contributed by atoms with Crippen LogP contribution in [0, 0.1) is 0 Å². The first-order valence-corrected chi connectivity index (χ1v) is 10.5. The monoisotopic (exact) mass is 439 g/mol. The molecule has 0 aromatic carbocycles. The predicted molar refractivity (Wildman–Crippen MR) is 116 cm³/mol. The van der Waals surface area contributed by atoms with Crippen molar-refractivity contribution in [3.05, 3.63) is 42.2 Å². The first-order valence-electron chi connectivity index (χ1n) is 10.5. The number of hydrogen-bond acceptors (Lipinski definition) is 8. The molecule has 4 heterocycles. The van der Waals surface area contributed by atoms with Crippen molar-refractivity contribution in [2.75, 3.05) is 23.8 Å². The van der Waals surface area contributed by atoms with E-state index in [1.54, 1.807) is 29.2 Å². The molecule has 2 amide bonds. The van der Waals surface area contributed by atoms with Gasteiger partial charge < -0.3 is 25.5 Å². The summed E-state index contributed by atoms with van der Waals surface area (Å²) in [7, 11) is 0. The lowest BCUT2D eigenvalue weighted by Crippen LogP contribution is -2.18. The number of oxazole rings is 1. The molecule has 3 aromatic heterocycles. The average molecular weight is 439 g/mol. The Morgan fingerprint density at radius 2 is 2.25 bits per heavy atom. The van der Waals surface area contributed by atoms with Crippen LogP contribution >= 0.6 is 0 Å². The second-order valence-electron chi connectivity index (χ2n) is 7.46. The number of pyridine rings is 1. The number of nitrogens with one attached hydrogen (secondary N) is 2. The predicted octanol–water partition coefficient (Wildman–Crippen LogP) is 2.29. The van der Waals surface area contributed by atoms with Crippen LogP contribution < -0.4 is 16.4 Å². The number of hydrogen-bond donors (Lipinski definition) is 3. The Bertz CT molecular complexity index is 1100. The zero-order valence-corrected chi connectivity index (χ0v) is 17.7. The number of ether oxygens (including phenoxy) is 1. The summed E-state index contributed by atoms with van der Waals surface area (Å²) in [4.78, 5) is 33.0. The lowest BCUT2D eigenvalue weighted by molar-refractivity contribution is 0.0927.